The van der Waals surface area contributed by atoms with Crippen LogP contribution in [0.25, 0.3) is 21.5 Å². The second kappa shape index (κ2) is 18.0. The minimum absolute atomic E-state index is 0.243. The number of rotatable bonds is 0. The van der Waals surface area contributed by atoms with Crippen molar-refractivity contribution in [1.29, 1.82) is 0 Å². The molecule has 0 radical (unpaired) electrons. The van der Waals surface area contributed by atoms with E-state index in [0.29, 0.717) is 85.3 Å². The van der Waals surface area contributed by atoms with Crippen LogP contribution in [0.5, 0.6) is 46.0 Å². The quantitative estimate of drug-likeness (QED) is 0.143. The first-order valence-electron chi connectivity index (χ1n) is 18.2. The van der Waals surface area contributed by atoms with Crippen LogP contribution in [0.2, 0.25) is 0 Å². The number of hydrogen-bond donors (Lipinski definition) is 0. The van der Waals surface area contributed by atoms with Crippen molar-refractivity contribution in [1.82, 2.24) is 0 Å². The molecule has 6 aromatic carbocycles. The van der Waals surface area contributed by atoms with E-state index in [9.17, 15) is 0 Å². The summed E-state index contributed by atoms with van der Waals surface area (Å²) in [4.78, 5) is 0. The van der Waals surface area contributed by atoms with Crippen LogP contribution in [0, 0.1) is 0 Å². The fourth-order valence-electron chi connectivity index (χ4n) is 5.87. The number of hydrogen-bond acceptors (Lipinski definition) is 8. The van der Waals surface area contributed by atoms with Crippen molar-refractivity contribution in [3.63, 3.8) is 0 Å². The molecule has 0 unspecified atom stereocenters. The molecule has 1 aliphatic heterocycles. The third-order valence-electron chi connectivity index (χ3n) is 8.66. The normalized spacial score (nSPS) is 15.2. The van der Waals surface area contributed by atoms with E-state index in [-0.39, 0.29) is 26.4 Å². The molecular weight excluding hydrogens is 680 g/mol. The average molecular weight is 725 g/mol. The topological polar surface area (TPSA) is 73.8 Å². The van der Waals surface area contributed by atoms with Gasteiger partial charge in [0.1, 0.15) is 26.4 Å². The van der Waals surface area contributed by atoms with Gasteiger partial charge in [-0.05, 0) is 81.2 Å². The van der Waals surface area contributed by atoms with Crippen molar-refractivity contribution in [2.24, 2.45) is 0 Å². The van der Waals surface area contributed by atoms with E-state index >= 15 is 0 Å². The largest absolute Gasteiger partial charge is 0.490 e. The zero-order chi connectivity index (χ0) is 37.0. The number of ether oxygens (including phenoxy) is 8. The van der Waals surface area contributed by atoms with Gasteiger partial charge in [0.25, 0.3) is 0 Å². The molecule has 7 rings (SSSR count). The van der Waals surface area contributed by atoms with Gasteiger partial charge in [0.2, 0.25) is 0 Å². The van der Waals surface area contributed by atoms with E-state index in [1.165, 1.54) is 0 Å². The van der Waals surface area contributed by atoms with Crippen LogP contribution in [-0.4, -0.2) is 52.9 Å². The van der Waals surface area contributed by atoms with Gasteiger partial charge in [-0.3, -0.25) is 0 Å². The fraction of sp³-hybridized carbons (Fsp3) is 0.217. The van der Waals surface area contributed by atoms with Crippen molar-refractivity contribution in [3.8, 4) is 46.0 Å². The first kappa shape index (κ1) is 36.1. The summed E-state index contributed by atoms with van der Waals surface area (Å²) < 4.78 is 49.6. The highest BCUT2D eigenvalue weighted by Gasteiger charge is 2.13. The van der Waals surface area contributed by atoms with Crippen LogP contribution in [0.3, 0.4) is 0 Å². The third-order valence-corrected chi connectivity index (χ3v) is 8.66. The van der Waals surface area contributed by atoms with Crippen molar-refractivity contribution >= 4 is 21.5 Å². The maximum atomic E-state index is 6.31. The lowest BCUT2D eigenvalue weighted by molar-refractivity contribution is 0.221. The Morgan fingerprint density at radius 1 is 0.296 bits per heavy atom. The Kier molecular flexibility index (Phi) is 12.0. The molecule has 54 heavy (non-hydrogen) atoms. The summed E-state index contributed by atoms with van der Waals surface area (Å²) in [6.45, 7) is 11.1. The summed E-state index contributed by atoms with van der Waals surface area (Å²) in [5, 5.41) is 4.22. The van der Waals surface area contributed by atoms with Crippen LogP contribution < -0.4 is 37.9 Å². The molecular formula is C46H44O8. The molecule has 1 heterocycles. The van der Waals surface area contributed by atoms with Gasteiger partial charge in [-0.15, -0.1) is 0 Å². The Hall–Kier alpha value is -6.28. The Balaban J connectivity index is 1.08. The molecule has 1 aliphatic rings. The molecule has 0 saturated carbocycles. The first-order chi connectivity index (χ1) is 26.6. The minimum Gasteiger partial charge on any atom is -0.490 e. The first-order valence-corrected chi connectivity index (χ1v) is 18.2. The van der Waals surface area contributed by atoms with Crippen molar-refractivity contribution in [2.75, 3.05) is 52.9 Å². The number of benzene rings is 6. The van der Waals surface area contributed by atoms with E-state index in [1.54, 1.807) is 0 Å². The smallest absolute Gasteiger partial charge is 0.162 e. The lowest BCUT2D eigenvalue weighted by atomic mass is 10.1. The Morgan fingerprint density at radius 2 is 0.537 bits per heavy atom. The molecule has 0 amide bonds. The van der Waals surface area contributed by atoms with E-state index in [2.05, 4.69) is 37.4 Å². The summed E-state index contributed by atoms with van der Waals surface area (Å²) in [6.07, 6.45) is 1.28. The van der Waals surface area contributed by atoms with Gasteiger partial charge in [-0.2, -0.15) is 0 Å². The summed E-state index contributed by atoms with van der Waals surface area (Å²) in [6, 6.07) is 39.5. The van der Waals surface area contributed by atoms with Gasteiger partial charge in [0.05, 0.1) is 26.4 Å². The van der Waals surface area contributed by atoms with Gasteiger partial charge in [-0.25, -0.2) is 0 Å². The van der Waals surface area contributed by atoms with Crippen LogP contribution in [-0.2, 0) is 0 Å². The van der Waals surface area contributed by atoms with Crippen LogP contribution in [0.4, 0.5) is 0 Å². The molecule has 0 atom stereocenters. The van der Waals surface area contributed by atoms with Gasteiger partial charge < -0.3 is 37.9 Å². The molecule has 0 N–H and O–H groups in total. The van der Waals surface area contributed by atoms with E-state index in [0.717, 1.165) is 32.7 Å². The highest BCUT2D eigenvalue weighted by Crippen LogP contribution is 2.35. The SMILES string of the molecule is C=C1COc2ccccc2OCCCOc2cc3ccccc3cc2OCC(=C)COc2cc3ccccc3cc2OCCCOc2ccccc2OC1. The molecule has 6 aromatic rings. The maximum Gasteiger partial charge on any atom is 0.162 e. The van der Waals surface area contributed by atoms with Gasteiger partial charge in [0.15, 0.2) is 46.0 Å². The third kappa shape index (κ3) is 9.58. The second-order valence-corrected chi connectivity index (χ2v) is 12.9. The minimum atomic E-state index is 0.243. The predicted octanol–water partition coefficient (Wildman–Crippen LogP) is 10.0. The molecule has 0 fully saturated rings. The molecule has 0 aliphatic carbocycles. The monoisotopic (exact) mass is 724 g/mol. The lowest BCUT2D eigenvalue weighted by Gasteiger charge is -2.18. The van der Waals surface area contributed by atoms with E-state index in [1.807, 2.05) is 97.1 Å². The zero-order valence-corrected chi connectivity index (χ0v) is 30.3. The van der Waals surface area contributed by atoms with Crippen molar-refractivity contribution in [3.05, 3.63) is 146 Å². The Bertz CT molecular complexity index is 2060. The van der Waals surface area contributed by atoms with Gasteiger partial charge in [0, 0.05) is 12.8 Å². The summed E-state index contributed by atoms with van der Waals surface area (Å²) in [7, 11) is 0. The van der Waals surface area contributed by atoms with Gasteiger partial charge >= 0.3 is 0 Å². The molecule has 276 valence electrons. The van der Waals surface area contributed by atoms with Crippen molar-refractivity contribution in [2.45, 2.75) is 12.8 Å². The number of para-hydroxylation sites is 4. The van der Waals surface area contributed by atoms with Crippen LogP contribution >= 0.6 is 0 Å². The van der Waals surface area contributed by atoms with E-state index in [4.69, 9.17) is 37.9 Å². The predicted molar refractivity (Wildman–Crippen MR) is 212 cm³/mol. The molecule has 0 bridgehead atoms. The summed E-state index contributed by atoms with van der Waals surface area (Å²) in [5.41, 5.74) is 1.52. The fourth-order valence-corrected chi connectivity index (χ4v) is 5.87. The lowest BCUT2D eigenvalue weighted by Crippen LogP contribution is -2.12. The summed E-state index contributed by atoms with van der Waals surface area (Å²) >= 11 is 0. The highest BCUT2D eigenvalue weighted by molar-refractivity contribution is 5.87. The van der Waals surface area contributed by atoms with Crippen molar-refractivity contribution < 1.29 is 37.9 Å². The highest BCUT2D eigenvalue weighted by atomic mass is 16.5. The zero-order valence-electron chi connectivity index (χ0n) is 30.3. The second-order valence-electron chi connectivity index (χ2n) is 12.9. The molecule has 8 nitrogen and oxygen atoms in total. The molecule has 0 saturated heterocycles. The number of fused-ring (bicyclic) bond motifs is 6. The van der Waals surface area contributed by atoms with Crippen LogP contribution in [0.15, 0.2) is 146 Å². The maximum absolute atomic E-state index is 6.31. The van der Waals surface area contributed by atoms with Crippen LogP contribution in [0.1, 0.15) is 12.8 Å². The Morgan fingerprint density at radius 3 is 0.870 bits per heavy atom. The molecule has 0 spiro atoms. The van der Waals surface area contributed by atoms with E-state index < -0.39 is 0 Å². The summed E-state index contributed by atoms with van der Waals surface area (Å²) in [5.74, 6) is 5.11. The molecule has 8 heteroatoms. The standard InChI is InChI=1S/C46H44O8/c1-33-29-51-41-19-9-7-17-39(41)47-21-11-23-49-43-25-35-13-3-5-15-37(35)27-45(43)53-31-34(2)32-54-46-28-38-16-6-4-14-36(38)26-44(46)50-24-12-22-48-40-18-8-10-20-42(40)52-30-33/h3-10,13-20,25-28H,1-2,11-12,21-24,29-32H2. The average Bonchev–Trinajstić information content (AvgIpc) is 3.20. The van der Waals surface area contributed by atoms with Gasteiger partial charge in [-0.1, -0.05) is 86.0 Å². The Labute approximate surface area is 316 Å². The molecule has 0 aromatic heterocycles.